The second-order valence-electron chi connectivity index (χ2n) is 4.32. The fraction of sp³-hybridized carbons (Fsp3) is 0.250. The molecule has 0 bridgehead atoms. The first-order chi connectivity index (χ1) is 9.51. The van der Waals surface area contributed by atoms with Gasteiger partial charge in [-0.15, -0.1) is 13.2 Å². The first-order valence-electron chi connectivity index (χ1n) is 6.48. The van der Waals surface area contributed by atoms with Crippen LogP contribution in [0.15, 0.2) is 55.0 Å². The van der Waals surface area contributed by atoms with E-state index in [1.54, 1.807) is 36.4 Å². The lowest BCUT2D eigenvalue weighted by atomic mass is 10.1. The van der Waals surface area contributed by atoms with Crippen LogP contribution in [0.1, 0.15) is 18.1 Å². The molecule has 0 unspecified atom stereocenters. The molecule has 0 fully saturated rings. The minimum atomic E-state index is -3.53. The first-order valence-corrected chi connectivity index (χ1v) is 7.92. The molecular weight excluding hydrogens is 270 g/mol. The third-order valence-corrected chi connectivity index (χ3v) is 4.85. The molecule has 0 atom stereocenters. The monoisotopic (exact) mass is 291 g/mol. The van der Waals surface area contributed by atoms with Crippen LogP contribution in [0.2, 0.25) is 0 Å². The number of rotatable bonds is 8. The number of hydrogen-bond donors (Lipinski definition) is 0. The summed E-state index contributed by atoms with van der Waals surface area (Å²) < 4.78 is 26.5. The molecule has 0 saturated carbocycles. The fourth-order valence-corrected chi connectivity index (χ4v) is 3.39. The zero-order valence-electron chi connectivity index (χ0n) is 11.9. The van der Waals surface area contributed by atoms with Crippen molar-refractivity contribution in [2.75, 3.05) is 13.1 Å². The Balaban J connectivity index is 3.29. The molecule has 0 aliphatic carbocycles. The number of aryl methyl sites for hydroxylation is 1. The average Bonchev–Trinajstić information content (AvgIpc) is 2.46. The van der Waals surface area contributed by atoms with Gasteiger partial charge in [-0.3, -0.25) is 0 Å². The molecular formula is C16H21NO2S. The minimum Gasteiger partial charge on any atom is -0.207 e. The lowest BCUT2D eigenvalue weighted by molar-refractivity contribution is 0.474. The van der Waals surface area contributed by atoms with Crippen molar-refractivity contribution < 1.29 is 8.42 Å². The lowest BCUT2D eigenvalue weighted by Gasteiger charge is -2.19. The Bertz CT molecular complexity index is 593. The molecule has 1 aromatic carbocycles. The Morgan fingerprint density at radius 3 is 2.20 bits per heavy atom. The second-order valence-corrected chi connectivity index (χ2v) is 6.26. The summed E-state index contributed by atoms with van der Waals surface area (Å²) in [5.74, 6) is 0. The molecule has 108 valence electrons. The van der Waals surface area contributed by atoms with Crippen molar-refractivity contribution in [2.45, 2.75) is 18.2 Å². The number of hydrogen-bond acceptors (Lipinski definition) is 2. The van der Waals surface area contributed by atoms with E-state index in [0.717, 1.165) is 17.5 Å². The van der Waals surface area contributed by atoms with E-state index in [2.05, 4.69) is 19.7 Å². The van der Waals surface area contributed by atoms with Crippen molar-refractivity contribution in [1.82, 2.24) is 4.31 Å². The van der Waals surface area contributed by atoms with Gasteiger partial charge in [-0.1, -0.05) is 37.8 Å². The molecule has 0 aliphatic rings. The molecule has 0 radical (unpaired) electrons. The Morgan fingerprint density at radius 2 is 1.75 bits per heavy atom. The summed E-state index contributed by atoms with van der Waals surface area (Å²) in [6.45, 7) is 13.4. The van der Waals surface area contributed by atoms with E-state index < -0.39 is 10.0 Å². The molecule has 0 aromatic heterocycles. The topological polar surface area (TPSA) is 37.4 Å². The molecule has 20 heavy (non-hydrogen) atoms. The Kier molecular flexibility index (Phi) is 5.92. The number of nitrogens with zero attached hydrogens (tertiary/aromatic N) is 1. The van der Waals surface area contributed by atoms with Crippen LogP contribution < -0.4 is 0 Å². The molecule has 0 saturated heterocycles. The zero-order chi connectivity index (χ0) is 15.2. The Labute approximate surface area is 122 Å². The summed E-state index contributed by atoms with van der Waals surface area (Å²) in [5.41, 5.74) is 1.93. The van der Waals surface area contributed by atoms with E-state index in [0.29, 0.717) is 4.90 Å². The van der Waals surface area contributed by atoms with Gasteiger partial charge in [-0.25, -0.2) is 8.42 Å². The van der Waals surface area contributed by atoms with Crippen LogP contribution in [0, 0.1) is 0 Å². The van der Waals surface area contributed by atoms with Gasteiger partial charge in [0, 0.05) is 13.1 Å². The molecule has 0 heterocycles. The predicted molar refractivity (Wildman–Crippen MR) is 85.1 cm³/mol. The van der Waals surface area contributed by atoms with Crippen molar-refractivity contribution in [1.29, 1.82) is 0 Å². The molecule has 4 heteroatoms. The first kappa shape index (κ1) is 16.4. The van der Waals surface area contributed by atoms with Gasteiger partial charge in [0.25, 0.3) is 0 Å². The largest absolute Gasteiger partial charge is 0.243 e. The number of benzene rings is 1. The summed E-state index contributed by atoms with van der Waals surface area (Å²) >= 11 is 0. The summed E-state index contributed by atoms with van der Waals surface area (Å²) in [7, 11) is -3.53. The fourth-order valence-electron chi connectivity index (χ4n) is 1.96. The van der Waals surface area contributed by atoms with Crippen molar-refractivity contribution in [3.8, 4) is 0 Å². The van der Waals surface area contributed by atoms with E-state index in [-0.39, 0.29) is 13.1 Å². The molecule has 1 aromatic rings. The third-order valence-electron chi connectivity index (χ3n) is 3.02. The van der Waals surface area contributed by atoms with Gasteiger partial charge in [0.2, 0.25) is 10.0 Å². The van der Waals surface area contributed by atoms with E-state index in [4.69, 9.17) is 0 Å². The Morgan fingerprint density at radius 1 is 1.15 bits per heavy atom. The van der Waals surface area contributed by atoms with Crippen LogP contribution in [0.3, 0.4) is 0 Å². The minimum absolute atomic E-state index is 0.263. The highest BCUT2D eigenvalue weighted by Gasteiger charge is 2.22. The van der Waals surface area contributed by atoms with Gasteiger partial charge < -0.3 is 0 Å². The molecule has 0 N–H and O–H groups in total. The quantitative estimate of drug-likeness (QED) is 0.689. The standard InChI is InChI=1S/C16H21NO2S/c1-5-11-17(12-6-2)20(18,19)16-10-9-14(7-3)15(8-4)13-16/h5-7,9-10,13H,1-3,8,11-12H2,4H3. The normalized spacial score (nSPS) is 11.3. The lowest BCUT2D eigenvalue weighted by Crippen LogP contribution is -2.31. The SMILES string of the molecule is C=CCN(CC=C)S(=O)(=O)c1ccc(C=C)c(CC)c1. The number of sulfonamides is 1. The predicted octanol–water partition coefficient (Wildman–Crippen LogP) is 3.25. The van der Waals surface area contributed by atoms with E-state index in [9.17, 15) is 8.42 Å². The molecule has 3 nitrogen and oxygen atoms in total. The van der Waals surface area contributed by atoms with Crippen LogP contribution >= 0.6 is 0 Å². The third kappa shape index (κ3) is 3.46. The van der Waals surface area contributed by atoms with Gasteiger partial charge in [-0.05, 0) is 29.7 Å². The van der Waals surface area contributed by atoms with Crippen molar-refractivity contribution in [3.05, 3.63) is 61.2 Å². The van der Waals surface area contributed by atoms with E-state index in [1.165, 1.54) is 4.31 Å². The van der Waals surface area contributed by atoms with Gasteiger partial charge in [0.05, 0.1) is 4.90 Å². The second kappa shape index (κ2) is 7.22. The molecule has 0 spiro atoms. The smallest absolute Gasteiger partial charge is 0.207 e. The molecule has 0 aliphatic heterocycles. The van der Waals surface area contributed by atoms with Gasteiger partial charge >= 0.3 is 0 Å². The molecule has 1 rings (SSSR count). The van der Waals surface area contributed by atoms with Crippen LogP contribution in [0.5, 0.6) is 0 Å². The average molecular weight is 291 g/mol. The molecule has 0 amide bonds. The highest BCUT2D eigenvalue weighted by Crippen LogP contribution is 2.21. The summed E-state index contributed by atoms with van der Waals surface area (Å²) in [6.07, 6.45) is 5.63. The van der Waals surface area contributed by atoms with E-state index in [1.807, 2.05) is 6.92 Å². The van der Waals surface area contributed by atoms with Crippen molar-refractivity contribution >= 4 is 16.1 Å². The maximum atomic E-state index is 12.6. The van der Waals surface area contributed by atoms with Crippen LogP contribution in [-0.4, -0.2) is 25.8 Å². The van der Waals surface area contributed by atoms with Crippen LogP contribution in [0.25, 0.3) is 6.08 Å². The van der Waals surface area contributed by atoms with E-state index >= 15 is 0 Å². The highest BCUT2D eigenvalue weighted by atomic mass is 32.2. The van der Waals surface area contributed by atoms with Crippen LogP contribution in [0.4, 0.5) is 0 Å². The maximum absolute atomic E-state index is 12.6. The van der Waals surface area contributed by atoms with Crippen molar-refractivity contribution in [2.24, 2.45) is 0 Å². The van der Waals surface area contributed by atoms with Crippen molar-refractivity contribution in [3.63, 3.8) is 0 Å². The van der Waals surface area contributed by atoms with Gasteiger partial charge in [-0.2, -0.15) is 4.31 Å². The summed E-state index contributed by atoms with van der Waals surface area (Å²) in [6, 6.07) is 5.12. The maximum Gasteiger partial charge on any atom is 0.243 e. The van der Waals surface area contributed by atoms with Crippen LogP contribution in [-0.2, 0) is 16.4 Å². The highest BCUT2D eigenvalue weighted by molar-refractivity contribution is 7.89. The Hall–Kier alpha value is -1.65. The van der Waals surface area contributed by atoms with Gasteiger partial charge in [0.15, 0.2) is 0 Å². The summed E-state index contributed by atoms with van der Waals surface area (Å²) in [4.78, 5) is 0.295. The summed E-state index contributed by atoms with van der Waals surface area (Å²) in [5, 5.41) is 0. The van der Waals surface area contributed by atoms with Gasteiger partial charge in [0.1, 0.15) is 0 Å². The zero-order valence-corrected chi connectivity index (χ0v) is 12.7.